The number of Topliss-reactive ketones (excluding diaryl/α,β-unsaturated/α-hetero) is 1. The SMILES string of the molecule is CC(C)(C)OC(=O)CCC(=O)C#CCOCc1ccccc1. The van der Waals surface area contributed by atoms with Crippen LogP contribution in [0.1, 0.15) is 39.2 Å². The van der Waals surface area contributed by atoms with Crippen molar-refractivity contribution in [1.82, 2.24) is 0 Å². The van der Waals surface area contributed by atoms with Gasteiger partial charge in [-0.15, -0.1) is 0 Å². The summed E-state index contributed by atoms with van der Waals surface area (Å²) in [7, 11) is 0. The first kappa shape index (κ1) is 17.9. The molecular weight excluding hydrogens is 280 g/mol. The molecule has 1 aromatic rings. The number of hydrogen-bond donors (Lipinski definition) is 0. The zero-order chi connectivity index (χ0) is 16.4. The first-order valence-electron chi connectivity index (χ1n) is 7.22. The molecule has 0 N–H and O–H groups in total. The van der Waals surface area contributed by atoms with Crippen molar-refractivity contribution in [3.8, 4) is 11.8 Å². The van der Waals surface area contributed by atoms with E-state index in [1.807, 2.05) is 30.3 Å². The summed E-state index contributed by atoms with van der Waals surface area (Å²) in [6.45, 7) is 6.01. The summed E-state index contributed by atoms with van der Waals surface area (Å²) in [5.74, 6) is 4.45. The highest BCUT2D eigenvalue weighted by Crippen LogP contribution is 2.09. The van der Waals surface area contributed by atoms with Crippen LogP contribution in [0.15, 0.2) is 30.3 Å². The second-order valence-corrected chi connectivity index (χ2v) is 5.79. The number of carbonyl (C=O) groups is 2. The molecular formula is C18H22O4. The van der Waals surface area contributed by atoms with E-state index in [9.17, 15) is 9.59 Å². The van der Waals surface area contributed by atoms with Crippen LogP contribution in [0.25, 0.3) is 0 Å². The van der Waals surface area contributed by atoms with Gasteiger partial charge in [-0.05, 0) is 32.3 Å². The van der Waals surface area contributed by atoms with Gasteiger partial charge in [-0.25, -0.2) is 0 Å². The summed E-state index contributed by atoms with van der Waals surface area (Å²) in [6.07, 6.45) is 0.121. The minimum absolute atomic E-state index is 0.0512. The molecule has 118 valence electrons. The van der Waals surface area contributed by atoms with Gasteiger partial charge in [-0.1, -0.05) is 36.3 Å². The molecule has 0 unspecified atom stereocenters. The first-order chi connectivity index (χ1) is 10.4. The number of rotatable bonds is 6. The Bertz CT molecular complexity index is 544. The van der Waals surface area contributed by atoms with Gasteiger partial charge in [0.1, 0.15) is 12.2 Å². The van der Waals surface area contributed by atoms with Crippen LogP contribution in [0, 0.1) is 11.8 Å². The summed E-state index contributed by atoms with van der Waals surface area (Å²) in [5.41, 5.74) is 0.525. The number of ether oxygens (including phenoxy) is 2. The van der Waals surface area contributed by atoms with Crippen LogP contribution < -0.4 is 0 Å². The summed E-state index contributed by atoms with van der Waals surface area (Å²) in [6, 6.07) is 9.72. The van der Waals surface area contributed by atoms with Gasteiger partial charge >= 0.3 is 5.97 Å². The molecule has 0 amide bonds. The lowest BCUT2D eigenvalue weighted by molar-refractivity contribution is -0.155. The predicted octanol–water partition coefficient (Wildman–Crippen LogP) is 2.90. The average Bonchev–Trinajstić information content (AvgIpc) is 2.44. The molecule has 1 aromatic carbocycles. The summed E-state index contributed by atoms with van der Waals surface area (Å²) >= 11 is 0. The van der Waals surface area contributed by atoms with Crippen molar-refractivity contribution in [2.24, 2.45) is 0 Å². The van der Waals surface area contributed by atoms with Crippen molar-refractivity contribution < 1.29 is 19.1 Å². The average molecular weight is 302 g/mol. The molecule has 0 aliphatic rings. The fourth-order valence-electron chi connectivity index (χ4n) is 1.60. The van der Waals surface area contributed by atoms with Gasteiger partial charge in [0.25, 0.3) is 0 Å². The van der Waals surface area contributed by atoms with Crippen LogP contribution in [0.3, 0.4) is 0 Å². The quantitative estimate of drug-likeness (QED) is 0.351. The van der Waals surface area contributed by atoms with Crippen LogP contribution in [-0.2, 0) is 25.7 Å². The second kappa shape index (κ2) is 9.01. The van der Waals surface area contributed by atoms with Crippen molar-refractivity contribution in [2.75, 3.05) is 6.61 Å². The Morgan fingerprint density at radius 3 is 2.41 bits per heavy atom. The normalized spacial score (nSPS) is 10.5. The Hall–Kier alpha value is -2.12. The van der Waals surface area contributed by atoms with E-state index >= 15 is 0 Å². The zero-order valence-corrected chi connectivity index (χ0v) is 13.3. The lowest BCUT2D eigenvalue weighted by Crippen LogP contribution is -2.24. The Morgan fingerprint density at radius 2 is 1.77 bits per heavy atom. The Kier molecular flexibility index (Phi) is 7.34. The van der Waals surface area contributed by atoms with E-state index in [0.29, 0.717) is 6.61 Å². The molecule has 0 fully saturated rings. The molecule has 0 saturated heterocycles. The molecule has 0 aliphatic carbocycles. The van der Waals surface area contributed by atoms with Gasteiger partial charge < -0.3 is 9.47 Å². The first-order valence-corrected chi connectivity index (χ1v) is 7.22. The van der Waals surface area contributed by atoms with Crippen LogP contribution >= 0.6 is 0 Å². The molecule has 0 saturated carbocycles. The summed E-state index contributed by atoms with van der Waals surface area (Å²) in [5, 5.41) is 0. The molecule has 22 heavy (non-hydrogen) atoms. The largest absolute Gasteiger partial charge is 0.460 e. The predicted molar refractivity (Wildman–Crippen MR) is 84.0 cm³/mol. The molecule has 4 heteroatoms. The third-order valence-electron chi connectivity index (χ3n) is 2.49. The van der Waals surface area contributed by atoms with Crippen molar-refractivity contribution in [3.05, 3.63) is 35.9 Å². The Labute approximate surface area is 131 Å². The van der Waals surface area contributed by atoms with Crippen LogP contribution in [0.4, 0.5) is 0 Å². The van der Waals surface area contributed by atoms with Gasteiger partial charge in [0.15, 0.2) is 0 Å². The minimum Gasteiger partial charge on any atom is -0.460 e. The molecule has 0 bridgehead atoms. The van der Waals surface area contributed by atoms with Crippen molar-refractivity contribution in [1.29, 1.82) is 0 Å². The third-order valence-corrected chi connectivity index (χ3v) is 2.49. The third kappa shape index (κ3) is 8.93. The van der Waals surface area contributed by atoms with Gasteiger partial charge in [-0.3, -0.25) is 9.59 Å². The summed E-state index contributed by atoms with van der Waals surface area (Å²) < 4.78 is 10.5. The number of carbonyl (C=O) groups excluding carboxylic acids is 2. The highest BCUT2D eigenvalue weighted by atomic mass is 16.6. The summed E-state index contributed by atoms with van der Waals surface area (Å²) in [4.78, 5) is 23.0. The molecule has 0 aliphatic heterocycles. The molecule has 0 radical (unpaired) electrons. The van der Waals surface area contributed by atoms with E-state index in [1.54, 1.807) is 20.8 Å². The van der Waals surface area contributed by atoms with Crippen molar-refractivity contribution >= 4 is 11.8 Å². The van der Waals surface area contributed by atoms with Crippen LogP contribution in [-0.4, -0.2) is 24.0 Å². The molecule has 0 heterocycles. The monoisotopic (exact) mass is 302 g/mol. The smallest absolute Gasteiger partial charge is 0.306 e. The van der Waals surface area contributed by atoms with Crippen molar-refractivity contribution in [3.63, 3.8) is 0 Å². The Balaban J connectivity index is 2.19. The topological polar surface area (TPSA) is 52.6 Å². The van der Waals surface area contributed by atoms with Gasteiger partial charge in [0.05, 0.1) is 13.0 Å². The second-order valence-electron chi connectivity index (χ2n) is 5.79. The van der Waals surface area contributed by atoms with E-state index < -0.39 is 5.60 Å². The maximum absolute atomic E-state index is 11.5. The molecule has 4 nitrogen and oxygen atoms in total. The van der Waals surface area contributed by atoms with Gasteiger partial charge in [0, 0.05) is 6.42 Å². The van der Waals surface area contributed by atoms with Crippen molar-refractivity contribution in [2.45, 2.75) is 45.8 Å². The Morgan fingerprint density at radius 1 is 1.09 bits per heavy atom. The number of ketones is 1. The van der Waals surface area contributed by atoms with Gasteiger partial charge in [-0.2, -0.15) is 0 Å². The fraction of sp³-hybridized carbons (Fsp3) is 0.444. The van der Waals surface area contributed by atoms with Crippen LogP contribution in [0.5, 0.6) is 0 Å². The molecule has 0 aromatic heterocycles. The maximum Gasteiger partial charge on any atom is 0.306 e. The van der Waals surface area contributed by atoms with E-state index in [1.165, 1.54) is 0 Å². The number of hydrogen-bond acceptors (Lipinski definition) is 4. The minimum atomic E-state index is -0.531. The van der Waals surface area contributed by atoms with E-state index in [-0.39, 0.29) is 31.2 Å². The number of benzene rings is 1. The fourth-order valence-corrected chi connectivity index (χ4v) is 1.60. The van der Waals surface area contributed by atoms with E-state index in [4.69, 9.17) is 9.47 Å². The van der Waals surface area contributed by atoms with E-state index in [0.717, 1.165) is 5.56 Å². The van der Waals surface area contributed by atoms with Gasteiger partial charge in [0.2, 0.25) is 5.78 Å². The van der Waals surface area contributed by atoms with Crippen LogP contribution in [0.2, 0.25) is 0 Å². The number of esters is 1. The zero-order valence-electron chi connectivity index (χ0n) is 13.3. The molecule has 0 spiro atoms. The molecule has 0 atom stereocenters. The standard InChI is InChI=1S/C18H22O4/c1-18(2,3)22-17(20)12-11-16(19)10-7-13-21-14-15-8-5-4-6-9-15/h4-6,8-9H,11-14H2,1-3H3. The van der Waals surface area contributed by atoms with E-state index in [2.05, 4.69) is 11.8 Å². The maximum atomic E-state index is 11.5. The highest BCUT2D eigenvalue weighted by Gasteiger charge is 2.16. The lowest BCUT2D eigenvalue weighted by atomic mass is 10.2. The lowest BCUT2D eigenvalue weighted by Gasteiger charge is -2.19. The molecule has 1 rings (SSSR count). The highest BCUT2D eigenvalue weighted by molar-refractivity contribution is 5.97.